The first-order valence-electron chi connectivity index (χ1n) is 5.54. The van der Waals surface area contributed by atoms with Crippen molar-refractivity contribution in [3.63, 3.8) is 0 Å². The number of anilines is 1. The third-order valence-corrected chi connectivity index (χ3v) is 2.73. The first-order valence-corrected chi connectivity index (χ1v) is 6.62. The smallest absolute Gasteiger partial charge is 0.159 e. The van der Waals surface area contributed by atoms with Gasteiger partial charge in [0, 0.05) is 25.9 Å². The van der Waals surface area contributed by atoms with Crippen molar-refractivity contribution in [1.82, 2.24) is 19.7 Å². The van der Waals surface area contributed by atoms with Gasteiger partial charge in [-0.05, 0) is 29.5 Å². The number of halogens is 1. The van der Waals surface area contributed by atoms with E-state index in [1.807, 2.05) is 19.2 Å². The minimum absolute atomic E-state index is 0.380. The maximum Gasteiger partial charge on any atom is 0.159 e. The summed E-state index contributed by atoms with van der Waals surface area (Å²) in [5.74, 6) is 2.15. The standard InChI is InChI=1S/C11H14IN5O/c1-3-13-9-4-11(16-10(15-9)7-18-2)17-6-8(12)5-14-17/h4-6H,3,7H2,1-2H3,(H,13,15,16). The molecule has 0 atom stereocenters. The molecule has 0 saturated heterocycles. The average molecular weight is 359 g/mol. The van der Waals surface area contributed by atoms with Crippen LogP contribution in [-0.4, -0.2) is 33.4 Å². The van der Waals surface area contributed by atoms with Crippen molar-refractivity contribution in [3.05, 3.63) is 27.9 Å². The van der Waals surface area contributed by atoms with Crippen molar-refractivity contribution in [2.75, 3.05) is 19.0 Å². The molecule has 0 amide bonds. The number of methoxy groups -OCH3 is 1. The van der Waals surface area contributed by atoms with Gasteiger partial charge in [-0.15, -0.1) is 0 Å². The average Bonchev–Trinajstić information content (AvgIpc) is 2.76. The Bertz CT molecular complexity index is 504. The molecule has 0 bridgehead atoms. The van der Waals surface area contributed by atoms with Crippen LogP contribution >= 0.6 is 22.6 Å². The van der Waals surface area contributed by atoms with Gasteiger partial charge in [0.2, 0.25) is 0 Å². The Kier molecular flexibility index (Phi) is 4.48. The molecule has 2 heterocycles. The monoisotopic (exact) mass is 359 g/mol. The van der Waals surface area contributed by atoms with Crippen LogP contribution in [0.2, 0.25) is 0 Å². The number of hydrogen-bond acceptors (Lipinski definition) is 5. The molecule has 18 heavy (non-hydrogen) atoms. The molecular weight excluding hydrogens is 345 g/mol. The van der Waals surface area contributed by atoms with E-state index in [2.05, 4.69) is 43.0 Å². The van der Waals surface area contributed by atoms with Crippen molar-refractivity contribution in [3.8, 4) is 5.82 Å². The van der Waals surface area contributed by atoms with Crippen LogP contribution in [0.5, 0.6) is 0 Å². The molecule has 6 nitrogen and oxygen atoms in total. The van der Waals surface area contributed by atoms with E-state index in [0.717, 1.165) is 21.8 Å². The van der Waals surface area contributed by atoms with Crippen LogP contribution in [0, 0.1) is 3.57 Å². The first-order chi connectivity index (χ1) is 8.72. The van der Waals surface area contributed by atoms with E-state index in [1.54, 1.807) is 18.0 Å². The highest BCUT2D eigenvalue weighted by molar-refractivity contribution is 14.1. The zero-order chi connectivity index (χ0) is 13.0. The normalized spacial score (nSPS) is 10.6. The van der Waals surface area contributed by atoms with Crippen LogP contribution in [0.25, 0.3) is 5.82 Å². The summed E-state index contributed by atoms with van der Waals surface area (Å²) in [6.45, 7) is 3.21. The topological polar surface area (TPSA) is 64.9 Å². The van der Waals surface area contributed by atoms with Gasteiger partial charge in [0.15, 0.2) is 11.6 Å². The van der Waals surface area contributed by atoms with Crippen LogP contribution in [0.3, 0.4) is 0 Å². The van der Waals surface area contributed by atoms with Gasteiger partial charge < -0.3 is 10.1 Å². The Hall–Kier alpha value is -1.22. The maximum absolute atomic E-state index is 5.07. The highest BCUT2D eigenvalue weighted by atomic mass is 127. The van der Waals surface area contributed by atoms with Crippen LogP contribution in [0.15, 0.2) is 18.5 Å². The minimum atomic E-state index is 0.380. The molecule has 0 fully saturated rings. The fourth-order valence-electron chi connectivity index (χ4n) is 1.49. The van der Waals surface area contributed by atoms with Crippen molar-refractivity contribution in [1.29, 1.82) is 0 Å². The summed E-state index contributed by atoms with van der Waals surface area (Å²) in [5, 5.41) is 7.41. The molecule has 2 rings (SSSR count). The summed E-state index contributed by atoms with van der Waals surface area (Å²) in [4.78, 5) is 8.76. The summed E-state index contributed by atoms with van der Waals surface area (Å²) in [5.41, 5.74) is 0. The molecule has 0 saturated carbocycles. The highest BCUT2D eigenvalue weighted by Gasteiger charge is 2.07. The Morgan fingerprint density at radius 3 is 2.89 bits per heavy atom. The van der Waals surface area contributed by atoms with Gasteiger partial charge in [0.25, 0.3) is 0 Å². The largest absolute Gasteiger partial charge is 0.377 e. The number of aromatic nitrogens is 4. The van der Waals surface area contributed by atoms with E-state index < -0.39 is 0 Å². The first kappa shape index (κ1) is 13.2. The number of nitrogens with one attached hydrogen (secondary N) is 1. The number of nitrogens with zero attached hydrogens (tertiary/aromatic N) is 4. The van der Waals surface area contributed by atoms with E-state index in [4.69, 9.17) is 4.74 Å². The van der Waals surface area contributed by atoms with Crippen molar-refractivity contribution in [2.45, 2.75) is 13.5 Å². The Morgan fingerprint density at radius 1 is 1.44 bits per heavy atom. The zero-order valence-corrected chi connectivity index (χ0v) is 12.4. The van der Waals surface area contributed by atoms with Gasteiger partial charge >= 0.3 is 0 Å². The van der Waals surface area contributed by atoms with E-state index in [1.165, 1.54) is 0 Å². The predicted octanol–water partition coefficient (Wildman–Crippen LogP) is 1.85. The van der Waals surface area contributed by atoms with E-state index in [-0.39, 0.29) is 0 Å². The third-order valence-electron chi connectivity index (χ3n) is 2.18. The Balaban J connectivity index is 2.39. The molecule has 0 unspecified atom stereocenters. The van der Waals surface area contributed by atoms with Gasteiger partial charge in [-0.2, -0.15) is 5.10 Å². The highest BCUT2D eigenvalue weighted by Crippen LogP contribution is 2.12. The zero-order valence-electron chi connectivity index (χ0n) is 10.2. The van der Waals surface area contributed by atoms with Crippen LogP contribution in [0.1, 0.15) is 12.7 Å². The lowest BCUT2D eigenvalue weighted by atomic mass is 10.4. The summed E-state index contributed by atoms with van der Waals surface area (Å²) in [6.07, 6.45) is 3.70. The molecule has 2 aromatic heterocycles. The lowest BCUT2D eigenvalue weighted by Gasteiger charge is -2.08. The van der Waals surface area contributed by atoms with E-state index >= 15 is 0 Å². The van der Waals surface area contributed by atoms with Gasteiger partial charge in [-0.1, -0.05) is 0 Å². The van der Waals surface area contributed by atoms with Gasteiger partial charge in [0.05, 0.1) is 9.77 Å². The minimum Gasteiger partial charge on any atom is -0.377 e. The van der Waals surface area contributed by atoms with E-state index in [9.17, 15) is 0 Å². The maximum atomic E-state index is 5.07. The van der Waals surface area contributed by atoms with Crippen molar-refractivity contribution in [2.24, 2.45) is 0 Å². The van der Waals surface area contributed by atoms with Crippen LogP contribution in [0.4, 0.5) is 5.82 Å². The molecular formula is C11H14IN5O. The molecule has 1 N–H and O–H groups in total. The molecule has 0 aliphatic rings. The summed E-state index contributed by atoms with van der Waals surface area (Å²) < 4.78 is 7.86. The summed E-state index contributed by atoms with van der Waals surface area (Å²) >= 11 is 2.21. The fraction of sp³-hybridized carbons (Fsp3) is 0.364. The SMILES string of the molecule is CCNc1cc(-n2cc(I)cn2)nc(COC)n1. The molecule has 0 radical (unpaired) electrons. The Morgan fingerprint density at radius 2 is 2.28 bits per heavy atom. The Labute approximate surface area is 119 Å². The second-order valence-electron chi connectivity index (χ2n) is 3.59. The van der Waals surface area contributed by atoms with Gasteiger partial charge in [-0.25, -0.2) is 14.6 Å². The predicted molar refractivity (Wildman–Crippen MR) is 76.7 cm³/mol. The molecule has 7 heteroatoms. The lowest BCUT2D eigenvalue weighted by Crippen LogP contribution is -2.08. The molecule has 96 valence electrons. The third kappa shape index (κ3) is 3.16. The molecule has 0 aromatic carbocycles. The second-order valence-corrected chi connectivity index (χ2v) is 4.84. The summed E-state index contributed by atoms with van der Waals surface area (Å²) in [6, 6.07) is 1.87. The molecule has 0 aliphatic carbocycles. The fourth-order valence-corrected chi connectivity index (χ4v) is 1.88. The van der Waals surface area contributed by atoms with Crippen molar-refractivity contribution < 1.29 is 4.74 Å². The number of ether oxygens (including phenoxy) is 1. The summed E-state index contributed by atoms with van der Waals surface area (Å²) in [7, 11) is 1.62. The molecule has 0 aliphatic heterocycles. The van der Waals surface area contributed by atoms with E-state index in [0.29, 0.717) is 12.4 Å². The quantitative estimate of drug-likeness (QED) is 0.826. The molecule has 0 spiro atoms. The number of rotatable bonds is 5. The van der Waals surface area contributed by atoms with Crippen LogP contribution in [-0.2, 0) is 11.3 Å². The number of hydrogen-bond donors (Lipinski definition) is 1. The molecule has 2 aromatic rings. The van der Waals surface area contributed by atoms with Gasteiger partial charge in [-0.3, -0.25) is 0 Å². The lowest BCUT2D eigenvalue weighted by molar-refractivity contribution is 0.178. The van der Waals surface area contributed by atoms with Crippen molar-refractivity contribution >= 4 is 28.4 Å². The van der Waals surface area contributed by atoms with Gasteiger partial charge in [0.1, 0.15) is 12.4 Å². The second kappa shape index (κ2) is 6.10. The van der Waals surface area contributed by atoms with Crippen LogP contribution < -0.4 is 5.32 Å².